The maximum atomic E-state index is 12.0. The van der Waals surface area contributed by atoms with Crippen LogP contribution in [0.5, 0.6) is 0 Å². The number of nitrogens with zero attached hydrogens (tertiary/aromatic N) is 1. The smallest absolute Gasteiger partial charge is 0.304 e. The summed E-state index contributed by atoms with van der Waals surface area (Å²) in [7, 11) is -6.43. The highest BCUT2D eigenvalue weighted by molar-refractivity contribution is 7.91. The van der Waals surface area contributed by atoms with Crippen molar-refractivity contribution in [1.29, 1.82) is 0 Å². The Hall–Kier alpha value is -1.65. The summed E-state index contributed by atoms with van der Waals surface area (Å²) in [5.41, 5.74) is -0.0813. The first kappa shape index (κ1) is 17.4. The molecular formula is C11H16N2O6S2. The molecule has 0 spiro atoms. The Labute approximate surface area is 123 Å². The van der Waals surface area contributed by atoms with E-state index >= 15 is 0 Å². The highest BCUT2D eigenvalue weighted by Crippen LogP contribution is 2.22. The third-order valence-electron chi connectivity index (χ3n) is 2.58. The van der Waals surface area contributed by atoms with Crippen LogP contribution < -0.4 is 4.72 Å². The minimum atomic E-state index is -4.04. The second-order valence-electron chi connectivity index (χ2n) is 4.34. The van der Waals surface area contributed by atoms with E-state index in [-0.39, 0.29) is 23.5 Å². The second-order valence-corrected chi connectivity index (χ2v) is 8.10. The molecule has 0 radical (unpaired) electrons. The highest BCUT2D eigenvalue weighted by atomic mass is 32.2. The lowest BCUT2D eigenvalue weighted by Gasteiger charge is -2.18. The maximum absolute atomic E-state index is 12.0. The molecule has 10 heteroatoms. The van der Waals surface area contributed by atoms with Gasteiger partial charge in [-0.05, 0) is 12.1 Å². The van der Waals surface area contributed by atoms with Crippen molar-refractivity contribution < 1.29 is 26.7 Å². The lowest BCUT2D eigenvalue weighted by molar-refractivity contribution is -0.137. The average molecular weight is 336 g/mol. The number of rotatable bonds is 7. The van der Waals surface area contributed by atoms with E-state index in [1.807, 2.05) is 0 Å². The fourth-order valence-electron chi connectivity index (χ4n) is 1.46. The number of sulfone groups is 1. The molecule has 0 bridgehead atoms. The van der Waals surface area contributed by atoms with Gasteiger partial charge >= 0.3 is 16.2 Å². The summed E-state index contributed by atoms with van der Waals surface area (Å²) >= 11 is 0. The summed E-state index contributed by atoms with van der Waals surface area (Å²) < 4.78 is 50.2. The number of hydrogen-bond donors (Lipinski definition) is 2. The van der Waals surface area contributed by atoms with Crippen LogP contribution in [0.4, 0.5) is 5.69 Å². The van der Waals surface area contributed by atoms with Crippen molar-refractivity contribution in [3.8, 4) is 0 Å². The molecule has 0 saturated heterocycles. The van der Waals surface area contributed by atoms with E-state index in [9.17, 15) is 21.6 Å². The van der Waals surface area contributed by atoms with Crippen LogP contribution in [0.25, 0.3) is 0 Å². The Bertz CT molecular complexity index is 727. The molecule has 0 aliphatic carbocycles. The Balaban J connectivity index is 3.03. The molecule has 0 unspecified atom stereocenters. The minimum Gasteiger partial charge on any atom is -0.481 e. The van der Waals surface area contributed by atoms with E-state index in [0.29, 0.717) is 0 Å². The average Bonchev–Trinajstić information content (AvgIpc) is 2.34. The van der Waals surface area contributed by atoms with Gasteiger partial charge in [0, 0.05) is 19.8 Å². The number of nitrogens with one attached hydrogen (secondary N) is 1. The zero-order valence-electron chi connectivity index (χ0n) is 11.5. The Morgan fingerprint density at radius 1 is 1.24 bits per heavy atom. The van der Waals surface area contributed by atoms with Gasteiger partial charge in [0.15, 0.2) is 9.84 Å². The number of aliphatic carboxylic acids is 1. The lowest BCUT2D eigenvalue weighted by atomic mass is 10.3. The minimum absolute atomic E-state index is 0.0813. The van der Waals surface area contributed by atoms with Crippen molar-refractivity contribution >= 4 is 31.7 Å². The molecule has 0 aliphatic heterocycles. The van der Waals surface area contributed by atoms with Crippen LogP contribution in [-0.2, 0) is 24.8 Å². The monoisotopic (exact) mass is 336 g/mol. The van der Waals surface area contributed by atoms with Gasteiger partial charge < -0.3 is 5.11 Å². The van der Waals surface area contributed by atoms with E-state index in [1.54, 1.807) is 0 Å². The van der Waals surface area contributed by atoms with Gasteiger partial charge in [-0.1, -0.05) is 12.1 Å². The fraction of sp³-hybridized carbons (Fsp3) is 0.364. The van der Waals surface area contributed by atoms with Crippen LogP contribution in [0.1, 0.15) is 6.42 Å². The molecule has 0 atom stereocenters. The normalized spacial score (nSPS) is 12.3. The van der Waals surface area contributed by atoms with E-state index in [4.69, 9.17) is 5.11 Å². The largest absolute Gasteiger partial charge is 0.481 e. The van der Waals surface area contributed by atoms with Gasteiger partial charge in [0.25, 0.3) is 0 Å². The summed E-state index contributed by atoms with van der Waals surface area (Å²) in [6, 6.07) is 5.56. The molecular weight excluding hydrogens is 320 g/mol. The first-order valence-electron chi connectivity index (χ1n) is 5.79. The number of carboxylic acid groups (broad SMARTS) is 1. The molecule has 0 fully saturated rings. The van der Waals surface area contributed by atoms with Crippen LogP contribution in [0, 0.1) is 0 Å². The Kier molecular flexibility index (Phi) is 5.31. The summed E-state index contributed by atoms with van der Waals surface area (Å²) in [5.74, 6) is -1.13. The molecule has 0 heterocycles. The van der Waals surface area contributed by atoms with E-state index in [1.165, 1.54) is 31.3 Å². The van der Waals surface area contributed by atoms with Crippen LogP contribution in [0.2, 0.25) is 0 Å². The number of para-hydroxylation sites is 1. The molecule has 2 N–H and O–H groups in total. The Morgan fingerprint density at radius 2 is 1.81 bits per heavy atom. The molecule has 1 aromatic carbocycles. The van der Waals surface area contributed by atoms with Gasteiger partial charge in [-0.2, -0.15) is 12.7 Å². The van der Waals surface area contributed by atoms with Crippen LogP contribution >= 0.6 is 0 Å². The van der Waals surface area contributed by atoms with Gasteiger partial charge in [0.2, 0.25) is 0 Å². The van der Waals surface area contributed by atoms with Gasteiger partial charge in [-0.3, -0.25) is 9.52 Å². The van der Waals surface area contributed by atoms with Crippen molar-refractivity contribution in [3.63, 3.8) is 0 Å². The maximum Gasteiger partial charge on any atom is 0.304 e. The van der Waals surface area contributed by atoms with Crippen molar-refractivity contribution in [2.45, 2.75) is 11.3 Å². The predicted octanol–water partition coefficient (Wildman–Crippen LogP) is 0.153. The molecule has 0 aromatic heterocycles. The molecule has 1 rings (SSSR count). The van der Waals surface area contributed by atoms with Crippen LogP contribution in [0.15, 0.2) is 29.2 Å². The molecule has 0 amide bonds. The number of hydrogen-bond acceptors (Lipinski definition) is 5. The molecule has 8 nitrogen and oxygen atoms in total. The first-order chi connectivity index (χ1) is 9.54. The van der Waals surface area contributed by atoms with Crippen LogP contribution in [-0.4, -0.2) is 52.1 Å². The van der Waals surface area contributed by atoms with Gasteiger partial charge in [0.05, 0.1) is 17.0 Å². The van der Waals surface area contributed by atoms with Crippen molar-refractivity contribution in [2.24, 2.45) is 0 Å². The second kappa shape index (κ2) is 6.41. The lowest BCUT2D eigenvalue weighted by Crippen LogP contribution is -2.34. The Morgan fingerprint density at radius 3 is 2.33 bits per heavy atom. The molecule has 21 heavy (non-hydrogen) atoms. The molecule has 118 valence electrons. The molecule has 0 aliphatic rings. The summed E-state index contributed by atoms with van der Waals surface area (Å²) in [5, 5.41) is 8.55. The number of carbonyl (C=O) groups is 1. The van der Waals surface area contributed by atoms with Crippen molar-refractivity contribution in [3.05, 3.63) is 24.3 Å². The van der Waals surface area contributed by atoms with E-state index < -0.39 is 26.0 Å². The zero-order chi connectivity index (χ0) is 16.3. The fourth-order valence-corrected chi connectivity index (χ4v) is 3.32. The summed E-state index contributed by atoms with van der Waals surface area (Å²) in [6.45, 7) is -0.230. The molecule has 1 aromatic rings. The van der Waals surface area contributed by atoms with Crippen LogP contribution in [0.3, 0.4) is 0 Å². The molecule has 0 saturated carbocycles. The van der Waals surface area contributed by atoms with E-state index in [0.717, 1.165) is 10.6 Å². The number of anilines is 1. The quantitative estimate of drug-likeness (QED) is 0.731. The third kappa shape index (κ3) is 4.99. The highest BCUT2D eigenvalue weighted by Gasteiger charge is 2.21. The third-order valence-corrected chi connectivity index (χ3v) is 5.21. The number of carboxylic acids is 1. The zero-order valence-corrected chi connectivity index (χ0v) is 13.1. The summed E-state index contributed by atoms with van der Waals surface area (Å²) in [4.78, 5) is 10.3. The van der Waals surface area contributed by atoms with Gasteiger partial charge in [-0.25, -0.2) is 8.42 Å². The summed E-state index contributed by atoms with van der Waals surface area (Å²) in [6.07, 6.45) is 0.611. The predicted molar refractivity (Wildman–Crippen MR) is 77.0 cm³/mol. The standard InChI is InChI=1S/C11H16N2O6S2/c1-13(8-7-11(14)15)21(18,19)12-9-5-3-4-6-10(9)20(2,16)17/h3-6,12H,7-8H2,1-2H3,(H,14,15). The number of benzene rings is 1. The topological polar surface area (TPSA) is 121 Å². The SMILES string of the molecule is CN(CCC(=O)O)S(=O)(=O)Nc1ccccc1S(C)(=O)=O. The van der Waals surface area contributed by atoms with E-state index in [2.05, 4.69) is 4.72 Å². The van der Waals surface area contributed by atoms with Crippen molar-refractivity contribution in [2.75, 3.05) is 24.6 Å². The first-order valence-corrected chi connectivity index (χ1v) is 9.12. The van der Waals surface area contributed by atoms with Crippen molar-refractivity contribution in [1.82, 2.24) is 4.31 Å². The van der Waals surface area contributed by atoms with Gasteiger partial charge in [0.1, 0.15) is 0 Å². The van der Waals surface area contributed by atoms with Gasteiger partial charge in [-0.15, -0.1) is 0 Å².